The first-order chi connectivity index (χ1) is 16.2. The van der Waals surface area contributed by atoms with Gasteiger partial charge in [0.25, 0.3) is 5.91 Å². The Hall–Kier alpha value is -3.90. The average molecular weight is 474 g/mol. The molecular formula is C21H21F3N8O2. The molecule has 5 rings (SSSR count). The maximum Gasteiger partial charge on any atom is 0.405 e. The molecule has 5 heterocycles. The standard InChI is InChI=1S/C21H21F3N8O2/c1-11-4-5-13-16(26-11)29-30-17(13)28-20(34)32-12-3-2-8-31(9-12)15-7-6-14(27-18(15)32)19(33)25-10-21(22,23)24/h4-7,12H,2-3,8-10H2,1H3,(H,25,33)(H2,26,28,29,30,34)/t12-/m0/s1. The number of pyridine rings is 2. The minimum atomic E-state index is -4.54. The van der Waals surface area contributed by atoms with Crippen LogP contribution in [-0.4, -0.2) is 64.0 Å². The molecule has 3 aromatic heterocycles. The SMILES string of the molecule is Cc1ccc2c(NC(=O)N3c4nc(C(=O)NCC(F)(F)F)ccc4N4CCC[C@H]3C4)n[nH]c2n1. The molecule has 1 saturated heterocycles. The number of anilines is 3. The molecule has 3 N–H and O–H groups in total. The number of aromatic amines is 1. The first-order valence-electron chi connectivity index (χ1n) is 10.7. The van der Waals surface area contributed by atoms with Gasteiger partial charge < -0.3 is 10.2 Å². The fourth-order valence-corrected chi connectivity index (χ4v) is 4.34. The number of H-pyrrole nitrogens is 1. The lowest BCUT2D eigenvalue weighted by Crippen LogP contribution is -2.56. The van der Waals surface area contributed by atoms with Crippen molar-refractivity contribution < 1.29 is 22.8 Å². The van der Waals surface area contributed by atoms with Crippen LogP contribution in [0, 0.1) is 6.92 Å². The van der Waals surface area contributed by atoms with Gasteiger partial charge in [-0.3, -0.25) is 20.1 Å². The molecule has 0 spiro atoms. The van der Waals surface area contributed by atoms with Gasteiger partial charge in [-0.15, -0.1) is 0 Å². The smallest absolute Gasteiger partial charge is 0.366 e. The molecular weight excluding hydrogens is 453 g/mol. The fourth-order valence-electron chi connectivity index (χ4n) is 4.34. The number of rotatable bonds is 3. The number of urea groups is 1. The highest BCUT2D eigenvalue weighted by atomic mass is 19.4. The third kappa shape index (κ3) is 4.08. The summed E-state index contributed by atoms with van der Waals surface area (Å²) in [6, 6.07) is 5.87. The van der Waals surface area contributed by atoms with Crippen LogP contribution in [0.3, 0.4) is 0 Å². The van der Waals surface area contributed by atoms with Gasteiger partial charge in [-0.05, 0) is 44.0 Å². The summed E-state index contributed by atoms with van der Waals surface area (Å²) in [5.74, 6) is -0.445. The molecule has 1 fully saturated rings. The van der Waals surface area contributed by atoms with E-state index in [0.717, 1.165) is 25.1 Å². The van der Waals surface area contributed by atoms with E-state index in [1.54, 1.807) is 18.2 Å². The van der Waals surface area contributed by atoms with E-state index in [1.165, 1.54) is 11.0 Å². The van der Waals surface area contributed by atoms with Crippen molar-refractivity contribution in [3.8, 4) is 0 Å². The van der Waals surface area contributed by atoms with Crippen LogP contribution < -0.4 is 20.4 Å². The molecule has 3 amide bonds. The summed E-state index contributed by atoms with van der Waals surface area (Å²) in [6.45, 7) is 1.72. The van der Waals surface area contributed by atoms with E-state index in [2.05, 4.69) is 30.4 Å². The van der Waals surface area contributed by atoms with Crippen molar-refractivity contribution in [3.63, 3.8) is 0 Å². The van der Waals surface area contributed by atoms with Crippen LogP contribution in [0.1, 0.15) is 29.0 Å². The predicted molar refractivity (Wildman–Crippen MR) is 118 cm³/mol. The number of aromatic nitrogens is 4. The van der Waals surface area contributed by atoms with Crippen molar-refractivity contribution in [2.45, 2.75) is 32.0 Å². The molecule has 3 aromatic rings. The molecule has 2 bridgehead atoms. The summed E-state index contributed by atoms with van der Waals surface area (Å²) in [5, 5.41) is 12.2. The van der Waals surface area contributed by atoms with Gasteiger partial charge in [-0.2, -0.15) is 18.3 Å². The van der Waals surface area contributed by atoms with Crippen molar-refractivity contribution in [3.05, 3.63) is 35.7 Å². The molecule has 13 heteroatoms. The number of amides is 3. The highest BCUT2D eigenvalue weighted by molar-refractivity contribution is 6.07. The van der Waals surface area contributed by atoms with Crippen LogP contribution in [0.2, 0.25) is 0 Å². The molecule has 0 aromatic carbocycles. The van der Waals surface area contributed by atoms with Gasteiger partial charge in [0.15, 0.2) is 17.3 Å². The second kappa shape index (κ2) is 8.15. The third-order valence-corrected chi connectivity index (χ3v) is 5.87. The lowest BCUT2D eigenvalue weighted by atomic mass is 10.00. The quantitative estimate of drug-likeness (QED) is 0.537. The fraction of sp³-hybridized carbons (Fsp3) is 0.381. The van der Waals surface area contributed by atoms with Gasteiger partial charge in [-0.25, -0.2) is 14.8 Å². The molecule has 2 aliphatic rings. The number of aryl methyl sites for hydroxylation is 1. The summed E-state index contributed by atoms with van der Waals surface area (Å²) in [4.78, 5) is 37.9. The Morgan fingerprint density at radius 3 is 2.82 bits per heavy atom. The third-order valence-electron chi connectivity index (χ3n) is 5.87. The second-order valence-corrected chi connectivity index (χ2v) is 8.30. The zero-order valence-corrected chi connectivity index (χ0v) is 18.1. The zero-order chi connectivity index (χ0) is 24.0. The number of nitrogens with one attached hydrogen (secondary N) is 3. The number of fused-ring (bicyclic) bond motifs is 5. The molecule has 178 valence electrons. The maximum absolute atomic E-state index is 13.4. The number of carbonyl (C=O) groups is 2. The summed E-state index contributed by atoms with van der Waals surface area (Å²) < 4.78 is 37.6. The molecule has 10 nitrogen and oxygen atoms in total. The Morgan fingerprint density at radius 1 is 1.21 bits per heavy atom. The van der Waals surface area contributed by atoms with Crippen LogP contribution >= 0.6 is 0 Å². The van der Waals surface area contributed by atoms with Gasteiger partial charge in [0.1, 0.15) is 12.2 Å². The topological polar surface area (TPSA) is 119 Å². The minimum absolute atomic E-state index is 0.202. The number of carbonyl (C=O) groups excluding carboxylic acids is 2. The number of alkyl halides is 3. The van der Waals surface area contributed by atoms with Crippen molar-refractivity contribution in [1.82, 2.24) is 25.5 Å². The Labute approximate surface area is 191 Å². The molecule has 0 unspecified atom stereocenters. The molecule has 0 saturated carbocycles. The average Bonchev–Trinajstić information content (AvgIpc) is 3.18. The Balaban J connectivity index is 1.46. The van der Waals surface area contributed by atoms with Gasteiger partial charge in [0, 0.05) is 18.8 Å². The Morgan fingerprint density at radius 2 is 2.03 bits per heavy atom. The molecule has 0 radical (unpaired) electrons. The van der Waals surface area contributed by atoms with Crippen molar-refractivity contribution in [1.29, 1.82) is 0 Å². The number of halogens is 3. The van der Waals surface area contributed by atoms with E-state index in [1.807, 2.05) is 12.2 Å². The molecule has 1 atom stereocenters. The van der Waals surface area contributed by atoms with Crippen molar-refractivity contribution in [2.75, 3.05) is 34.8 Å². The first kappa shape index (κ1) is 21.9. The number of nitrogens with zero attached hydrogens (tertiary/aromatic N) is 5. The van der Waals surface area contributed by atoms with Crippen molar-refractivity contribution >= 4 is 40.3 Å². The van der Waals surface area contributed by atoms with Crippen LogP contribution in [0.15, 0.2) is 24.3 Å². The lowest BCUT2D eigenvalue weighted by Gasteiger charge is -2.45. The number of hydrogen-bond donors (Lipinski definition) is 3. The van der Waals surface area contributed by atoms with Gasteiger partial charge in [0.05, 0.1) is 17.1 Å². The Bertz CT molecular complexity index is 1270. The maximum atomic E-state index is 13.4. The molecule has 0 aliphatic carbocycles. The number of hydrogen-bond acceptors (Lipinski definition) is 6. The molecule has 34 heavy (non-hydrogen) atoms. The van der Waals surface area contributed by atoms with Crippen molar-refractivity contribution in [2.24, 2.45) is 0 Å². The van der Waals surface area contributed by atoms with E-state index in [4.69, 9.17) is 0 Å². The van der Waals surface area contributed by atoms with E-state index >= 15 is 0 Å². The van der Waals surface area contributed by atoms with Crippen LogP contribution in [0.5, 0.6) is 0 Å². The summed E-state index contributed by atoms with van der Waals surface area (Å²) >= 11 is 0. The highest BCUT2D eigenvalue weighted by Crippen LogP contribution is 2.38. The van der Waals surface area contributed by atoms with Crippen LogP contribution in [-0.2, 0) is 0 Å². The zero-order valence-electron chi connectivity index (χ0n) is 18.1. The summed E-state index contributed by atoms with van der Waals surface area (Å²) in [5.41, 5.74) is 1.76. The van der Waals surface area contributed by atoms with Gasteiger partial charge in [0.2, 0.25) is 0 Å². The highest BCUT2D eigenvalue weighted by Gasteiger charge is 2.39. The van der Waals surface area contributed by atoms with E-state index in [-0.39, 0.29) is 17.6 Å². The van der Waals surface area contributed by atoms with Gasteiger partial charge in [-0.1, -0.05) is 0 Å². The lowest BCUT2D eigenvalue weighted by molar-refractivity contribution is -0.123. The Kier molecular flexibility index (Phi) is 5.25. The summed E-state index contributed by atoms with van der Waals surface area (Å²) in [6.07, 6.45) is -2.97. The van der Waals surface area contributed by atoms with Crippen LogP contribution in [0.4, 0.5) is 35.3 Å². The monoisotopic (exact) mass is 474 g/mol. The summed E-state index contributed by atoms with van der Waals surface area (Å²) in [7, 11) is 0. The molecule has 2 aliphatic heterocycles. The normalized spacial score (nSPS) is 17.5. The van der Waals surface area contributed by atoms with Gasteiger partial charge >= 0.3 is 12.2 Å². The van der Waals surface area contributed by atoms with E-state index in [9.17, 15) is 22.8 Å². The predicted octanol–water partition coefficient (Wildman–Crippen LogP) is 2.97. The van der Waals surface area contributed by atoms with E-state index < -0.39 is 24.7 Å². The minimum Gasteiger partial charge on any atom is -0.366 e. The van der Waals surface area contributed by atoms with Crippen LogP contribution in [0.25, 0.3) is 11.0 Å². The first-order valence-corrected chi connectivity index (χ1v) is 10.7. The number of piperidine rings is 1. The largest absolute Gasteiger partial charge is 0.405 e. The van der Waals surface area contributed by atoms with E-state index in [0.29, 0.717) is 29.1 Å². The second-order valence-electron chi connectivity index (χ2n) is 8.30.